The van der Waals surface area contributed by atoms with Gasteiger partial charge in [-0.05, 0) is 78.3 Å². The molecule has 722 valence electrons. The van der Waals surface area contributed by atoms with Crippen LogP contribution >= 0.6 is 11.8 Å². The van der Waals surface area contributed by atoms with Crippen molar-refractivity contribution in [1.82, 2.24) is 42.5 Å². The number of thioether (sulfide) groups is 1. The van der Waals surface area contributed by atoms with Gasteiger partial charge in [-0.15, -0.1) is 0 Å². The fraction of sp³-hybridized carbons (Fsp3) is 0.691. The van der Waals surface area contributed by atoms with Crippen LogP contribution in [0.5, 0.6) is 11.5 Å². The van der Waals surface area contributed by atoms with Gasteiger partial charge in [0.15, 0.2) is 51.0 Å². The van der Waals surface area contributed by atoms with Gasteiger partial charge >= 0.3 is 6.03 Å². The zero-order valence-corrected chi connectivity index (χ0v) is 71.1. The first-order valence-electron chi connectivity index (χ1n) is 42.4. The van der Waals surface area contributed by atoms with Crippen molar-refractivity contribution >= 4 is 53.2 Å². The molecule has 8 aliphatic rings. The van der Waals surface area contributed by atoms with E-state index >= 15 is 0 Å². The summed E-state index contributed by atoms with van der Waals surface area (Å²) in [6.45, 7) is -4.46. The van der Waals surface area contributed by atoms with E-state index in [1.54, 1.807) is 48.5 Å². The Kier molecular flexibility index (Phi) is 38.3. The summed E-state index contributed by atoms with van der Waals surface area (Å²) < 4.78 is 81.2. The Bertz CT molecular complexity index is 3960. The van der Waals surface area contributed by atoms with Crippen LogP contribution < -0.4 is 52.0 Å². The Labute approximate surface area is 742 Å². The van der Waals surface area contributed by atoms with Crippen LogP contribution in [-0.4, -0.2) is 433 Å². The number of amides is 8. The van der Waals surface area contributed by atoms with Crippen LogP contribution in [0.25, 0.3) is 22.3 Å². The number of carbonyl (C=O) groups is 7. The van der Waals surface area contributed by atoms with Crippen LogP contribution in [0.2, 0.25) is 0 Å². The maximum absolute atomic E-state index is 13.5. The number of fused-ring (bicyclic) bond motifs is 1. The predicted octanol–water partition coefficient (Wildman–Crippen LogP) is -10.4. The maximum atomic E-state index is 13.5. The van der Waals surface area contributed by atoms with Gasteiger partial charge < -0.3 is 201 Å². The summed E-state index contributed by atoms with van der Waals surface area (Å²) in [5, 5.41) is 214. The molecule has 8 fully saturated rings. The number of ether oxygens (including phenoxy) is 14. The molecule has 26 N–H and O–H groups in total. The van der Waals surface area contributed by atoms with Crippen molar-refractivity contribution in [3.63, 3.8) is 0 Å². The van der Waals surface area contributed by atoms with Crippen molar-refractivity contribution < 1.29 is 192 Å². The fourth-order valence-electron chi connectivity index (χ4n) is 16.0. The molecule has 8 heterocycles. The number of unbranched alkanes of at least 4 members (excludes halogenated alkanes) is 1. The average molecular weight is 1860 g/mol. The number of benzene rings is 3. The third-order valence-corrected chi connectivity index (χ3v) is 24.4. The molecule has 12 unspecified atom stereocenters. The summed E-state index contributed by atoms with van der Waals surface area (Å²) in [6.07, 6.45) is -46.9. The molecule has 33 atom stereocenters. The van der Waals surface area contributed by atoms with Crippen molar-refractivity contribution in [3.8, 4) is 33.8 Å². The van der Waals surface area contributed by atoms with Crippen LogP contribution in [0.4, 0.5) is 4.79 Å². The smallest absolute Gasteiger partial charge is 0.315 e. The second-order valence-electron chi connectivity index (χ2n) is 32.1. The second kappa shape index (κ2) is 48.4. The number of carbonyl (C=O) groups excluding carboxylic acids is 7. The Balaban J connectivity index is 0.694. The molecule has 0 radical (unpaired) electrons. The third kappa shape index (κ3) is 26.3. The number of nitrogens with one attached hydrogen (secondary N) is 8. The van der Waals surface area contributed by atoms with E-state index in [-0.39, 0.29) is 93.0 Å². The molecule has 47 nitrogen and oxygen atoms in total. The first-order chi connectivity index (χ1) is 61.8. The zero-order valence-electron chi connectivity index (χ0n) is 70.3. The third-order valence-electron chi connectivity index (χ3n) is 22.9. The first-order valence-corrected chi connectivity index (χ1v) is 43.4. The summed E-state index contributed by atoms with van der Waals surface area (Å²) >= 11 is 1.81. The number of hydrogen-bond acceptors (Lipinski definition) is 40. The van der Waals surface area contributed by atoms with Gasteiger partial charge in [-0.2, -0.15) is 11.8 Å². The normalized spacial score (nSPS) is 35.6. The monoisotopic (exact) mass is 1860 g/mol. The molecule has 0 aliphatic carbocycles. The van der Waals surface area contributed by atoms with Gasteiger partial charge in [-0.3, -0.25) is 28.8 Å². The minimum atomic E-state index is -2.06. The van der Waals surface area contributed by atoms with Crippen molar-refractivity contribution in [2.24, 2.45) is 0 Å². The summed E-state index contributed by atoms with van der Waals surface area (Å²) in [4.78, 5) is 90.3. The predicted molar refractivity (Wildman–Crippen MR) is 436 cm³/mol. The highest BCUT2D eigenvalue weighted by molar-refractivity contribution is 8.00. The van der Waals surface area contributed by atoms with Crippen molar-refractivity contribution in [2.75, 3.05) is 98.0 Å². The molecule has 0 bridgehead atoms. The summed E-state index contributed by atoms with van der Waals surface area (Å²) in [5.74, 6) is -2.20. The fourth-order valence-corrected chi connectivity index (χ4v) is 17.6. The van der Waals surface area contributed by atoms with E-state index in [4.69, 9.17) is 66.3 Å². The molecule has 3 aromatic carbocycles. The van der Waals surface area contributed by atoms with E-state index in [0.717, 1.165) is 32.4 Å². The molecule has 11 rings (SSSR count). The Morgan fingerprint density at radius 1 is 0.411 bits per heavy atom. The number of rotatable bonds is 43. The Hall–Kier alpha value is -7.50. The SMILES string of the molecule is CC(=O)NC1[C@H](OCCCNC(=O)COc2cc(OCC(=O)NCCCO[C@@H]3OC(CO)[C@@H](O[C@@H]4OC(CO)[C@H](O)[C@H](O[C@H]5OC(CO)[C@H](O)C(O)[C@@H]5O)C4O)[C@H](O)C3NC(C)=O)cc(-c3cccc(-c4cccc(C(=O)NCCNC(=O)CCCC[C@@H]5SC[C@@H]6NC(=O)N[C@@H]65)c4)c3)c2)OC(CO)[C@@H](O[C@@H]2OC(CO)[C@H](O)[C@H](O[C@H]3OC(CO)[C@H](O)C(O)[C@@H]3O)C2O)[C@@H]1O. The van der Waals surface area contributed by atoms with E-state index < -0.39 is 267 Å². The van der Waals surface area contributed by atoms with Crippen LogP contribution in [-0.2, 0) is 80.8 Å². The summed E-state index contributed by atoms with van der Waals surface area (Å²) in [7, 11) is 0. The summed E-state index contributed by atoms with van der Waals surface area (Å²) in [6, 6.07) is 15.8. The Morgan fingerprint density at radius 2 is 0.822 bits per heavy atom. The van der Waals surface area contributed by atoms with E-state index in [1.807, 2.05) is 23.9 Å². The molecule has 3 aromatic rings. The van der Waals surface area contributed by atoms with Gasteiger partial charge in [0.05, 0.1) is 64.9 Å². The topological polar surface area (TPSA) is 709 Å². The van der Waals surface area contributed by atoms with E-state index in [2.05, 4.69) is 42.5 Å². The zero-order chi connectivity index (χ0) is 93.0. The molecule has 8 aliphatic heterocycles. The van der Waals surface area contributed by atoms with Crippen LogP contribution in [0, 0.1) is 0 Å². The van der Waals surface area contributed by atoms with Gasteiger partial charge in [-0.25, -0.2) is 4.79 Å². The quantitative estimate of drug-likeness (QED) is 0.0185. The highest BCUT2D eigenvalue weighted by Gasteiger charge is 2.57. The van der Waals surface area contributed by atoms with E-state index in [0.29, 0.717) is 40.7 Å². The van der Waals surface area contributed by atoms with E-state index in [9.17, 15) is 125 Å². The van der Waals surface area contributed by atoms with Crippen LogP contribution in [0.15, 0.2) is 66.7 Å². The first kappa shape index (κ1) is 102. The van der Waals surface area contributed by atoms with Crippen LogP contribution in [0.3, 0.4) is 0 Å². The second-order valence-corrected chi connectivity index (χ2v) is 33.4. The molecule has 129 heavy (non-hydrogen) atoms. The Morgan fingerprint density at radius 3 is 1.29 bits per heavy atom. The van der Waals surface area contributed by atoms with Crippen molar-refractivity contribution in [2.45, 2.75) is 254 Å². The lowest BCUT2D eigenvalue weighted by atomic mass is 9.95. The summed E-state index contributed by atoms with van der Waals surface area (Å²) in [5.41, 5.74) is 2.68. The van der Waals surface area contributed by atoms with Crippen molar-refractivity contribution in [1.29, 1.82) is 0 Å². The minimum absolute atomic E-state index is 0.0613. The molecule has 0 saturated carbocycles. The largest absolute Gasteiger partial charge is 0.484 e. The van der Waals surface area contributed by atoms with Gasteiger partial charge in [-0.1, -0.05) is 36.8 Å². The molecule has 0 aromatic heterocycles. The molecular weight excluding hydrogens is 1740 g/mol. The number of hydrogen-bond donors (Lipinski definition) is 26. The van der Waals surface area contributed by atoms with Gasteiger partial charge in [0, 0.05) is 69.1 Å². The van der Waals surface area contributed by atoms with Gasteiger partial charge in [0.1, 0.15) is 158 Å². The van der Waals surface area contributed by atoms with Crippen LogP contribution in [0.1, 0.15) is 62.7 Å². The highest BCUT2D eigenvalue weighted by Crippen LogP contribution is 2.39. The van der Waals surface area contributed by atoms with Gasteiger partial charge in [0.25, 0.3) is 17.7 Å². The molecule has 0 spiro atoms. The van der Waals surface area contributed by atoms with Crippen molar-refractivity contribution in [3.05, 3.63) is 72.3 Å². The molecular formula is C81H118N8O39S. The standard InChI is InChI=1S/C81H118N8O39S/c1-35(96)86-56-62(105)70(125-79-68(111)72(60(103)47(28-92)121-79)127-77-66(109)64(107)58(101)45(26-90)119-77)49(30-94)123-75(56)115-19-7-15-82-53(99)32-117-42-23-41(39-11-5-9-37(21-39)38-10-6-12-40(22-38)74(113)85-18-17-84-52(98)14-4-3-13-51-55-44(34-129-51)88-81(114)89-55)24-43(25-42)118-33-54(100)83-16-8-20-116-76-57(87-36(2)97)63(106)71(50(31-95)124-76)126-80-69(112)73(61(104)48(29-93)122-80)128-78-67(110)65(108)59(102)46(27-91)120-78/h5-6,9-12,21-25,44-51,55-73,75-80,90-95,101-112H,3-4,7-8,13-20,26-34H2,1-2H3,(H,82,99)(H,83,100)(H,84,98)(H,85,113)(H,86,96)(H,87,97)(H2,88,89,114)/t44-,45?,46?,47?,48?,49?,50?,51-,55-,56?,57?,58-,59-,60-,61-,62+,63+,64?,65?,66-,67-,68?,69?,70+,71+,72-,73-,75+,76+,77+,78+,79-,80-/m0/s1. The molecule has 8 saturated heterocycles. The molecule has 48 heteroatoms. The molecule has 8 amide bonds. The van der Waals surface area contributed by atoms with E-state index in [1.165, 1.54) is 6.07 Å². The van der Waals surface area contributed by atoms with Gasteiger partial charge in [0.2, 0.25) is 17.7 Å². The number of aliphatic hydroxyl groups is 18. The minimum Gasteiger partial charge on any atom is -0.484 e. The lowest BCUT2D eigenvalue weighted by Crippen LogP contribution is -2.68. The highest BCUT2D eigenvalue weighted by atomic mass is 32.2. The maximum Gasteiger partial charge on any atom is 0.315 e. The lowest BCUT2D eigenvalue weighted by Gasteiger charge is -2.48. The lowest BCUT2D eigenvalue weighted by molar-refractivity contribution is -0.376. The number of urea groups is 1. The average Bonchev–Trinajstić information content (AvgIpc) is 1.44. The number of aliphatic hydroxyl groups excluding tert-OH is 18.